The van der Waals surface area contributed by atoms with Gasteiger partial charge in [0.05, 0.1) is 0 Å². The van der Waals surface area contributed by atoms with Crippen molar-refractivity contribution in [1.82, 2.24) is 10.2 Å². The Bertz CT molecular complexity index is 411. The highest BCUT2D eigenvalue weighted by Crippen LogP contribution is 2.20. The number of halogens is 2. The van der Waals surface area contributed by atoms with Gasteiger partial charge in [0.1, 0.15) is 5.75 Å². The molecule has 0 saturated carbocycles. The van der Waals surface area contributed by atoms with E-state index in [0.717, 1.165) is 18.7 Å². The monoisotopic (exact) mass is 284 g/mol. The highest BCUT2D eigenvalue weighted by Gasteiger charge is 2.19. The van der Waals surface area contributed by atoms with Gasteiger partial charge in [-0.3, -0.25) is 0 Å². The first kappa shape index (κ1) is 15.2. The third kappa shape index (κ3) is 4.42. The van der Waals surface area contributed by atoms with Crippen molar-refractivity contribution in [2.45, 2.75) is 26.0 Å². The molecule has 112 valence electrons. The van der Waals surface area contributed by atoms with Crippen LogP contribution in [-0.4, -0.2) is 38.2 Å². The molecule has 1 aromatic carbocycles. The van der Waals surface area contributed by atoms with Crippen LogP contribution in [0.4, 0.5) is 8.78 Å². The van der Waals surface area contributed by atoms with Crippen LogP contribution in [-0.2, 0) is 0 Å². The molecular weight excluding hydrogens is 262 g/mol. The van der Waals surface area contributed by atoms with Gasteiger partial charge in [-0.2, -0.15) is 8.78 Å². The molecule has 1 fully saturated rings. The minimum absolute atomic E-state index is 0.202. The fourth-order valence-corrected chi connectivity index (χ4v) is 2.59. The maximum absolute atomic E-state index is 12.1. The van der Waals surface area contributed by atoms with Gasteiger partial charge in [-0.05, 0) is 57.1 Å². The van der Waals surface area contributed by atoms with E-state index in [-0.39, 0.29) is 11.8 Å². The fourth-order valence-electron chi connectivity index (χ4n) is 2.59. The summed E-state index contributed by atoms with van der Waals surface area (Å²) >= 11 is 0. The Labute approximate surface area is 118 Å². The summed E-state index contributed by atoms with van der Waals surface area (Å²) in [5.74, 6) is 0.900. The minimum Gasteiger partial charge on any atom is -0.435 e. The van der Waals surface area contributed by atoms with Crippen molar-refractivity contribution in [2.24, 2.45) is 5.92 Å². The van der Waals surface area contributed by atoms with Gasteiger partial charge in [0, 0.05) is 12.6 Å². The van der Waals surface area contributed by atoms with Gasteiger partial charge in [-0.25, -0.2) is 0 Å². The van der Waals surface area contributed by atoms with Gasteiger partial charge in [0.25, 0.3) is 0 Å². The lowest BCUT2D eigenvalue weighted by Crippen LogP contribution is -2.27. The first-order valence-corrected chi connectivity index (χ1v) is 7.01. The summed E-state index contributed by atoms with van der Waals surface area (Å²) in [7, 11) is 2.14. The minimum atomic E-state index is -2.77. The van der Waals surface area contributed by atoms with Crippen molar-refractivity contribution in [1.29, 1.82) is 0 Å². The Hall–Kier alpha value is -1.20. The molecule has 2 rings (SSSR count). The third-order valence-electron chi connectivity index (χ3n) is 3.81. The number of likely N-dealkylation sites (tertiary alicyclic amines) is 1. The first-order valence-electron chi connectivity index (χ1n) is 7.01. The highest BCUT2D eigenvalue weighted by atomic mass is 19.3. The van der Waals surface area contributed by atoms with Gasteiger partial charge in [-0.15, -0.1) is 0 Å². The number of hydrogen-bond donors (Lipinski definition) is 1. The average Bonchev–Trinajstić information content (AvgIpc) is 2.82. The summed E-state index contributed by atoms with van der Waals surface area (Å²) in [5.41, 5.74) is 1.08. The van der Waals surface area contributed by atoms with E-state index >= 15 is 0 Å². The highest BCUT2D eigenvalue weighted by molar-refractivity contribution is 5.28. The van der Waals surface area contributed by atoms with Gasteiger partial charge in [-0.1, -0.05) is 12.1 Å². The second-order valence-electron chi connectivity index (χ2n) is 5.49. The zero-order valence-corrected chi connectivity index (χ0v) is 12.0. The van der Waals surface area contributed by atoms with E-state index in [4.69, 9.17) is 0 Å². The molecule has 0 bridgehead atoms. The Morgan fingerprint density at radius 3 is 2.60 bits per heavy atom. The van der Waals surface area contributed by atoms with E-state index in [1.165, 1.54) is 13.0 Å². The second kappa shape index (κ2) is 6.99. The lowest BCUT2D eigenvalue weighted by Gasteiger charge is -2.18. The van der Waals surface area contributed by atoms with Crippen LogP contribution in [0.15, 0.2) is 24.3 Å². The molecular formula is C15H22F2N2O. The molecule has 1 N–H and O–H groups in total. The molecule has 5 heteroatoms. The predicted molar refractivity (Wildman–Crippen MR) is 75.1 cm³/mol. The Morgan fingerprint density at radius 1 is 1.35 bits per heavy atom. The molecule has 0 aromatic heterocycles. The van der Waals surface area contributed by atoms with E-state index in [0.29, 0.717) is 5.92 Å². The molecule has 0 amide bonds. The largest absolute Gasteiger partial charge is 0.435 e. The summed E-state index contributed by atoms with van der Waals surface area (Å²) in [5, 5.41) is 3.51. The predicted octanol–water partition coefficient (Wildman–Crippen LogP) is 2.89. The van der Waals surface area contributed by atoms with E-state index in [2.05, 4.69) is 28.9 Å². The van der Waals surface area contributed by atoms with Crippen LogP contribution in [0.25, 0.3) is 0 Å². The summed E-state index contributed by atoms with van der Waals surface area (Å²) in [6.07, 6.45) is 1.23. The van der Waals surface area contributed by atoms with Crippen LogP contribution >= 0.6 is 0 Å². The van der Waals surface area contributed by atoms with Gasteiger partial charge >= 0.3 is 6.61 Å². The van der Waals surface area contributed by atoms with Crippen molar-refractivity contribution in [2.75, 3.05) is 26.7 Å². The standard InChI is InChI=1S/C15H22F2N2O/c1-11(18-9-12-7-8-19(2)10-12)13-3-5-14(6-4-13)20-15(16)17/h3-6,11-12,15,18H,7-10H2,1-2H3. The molecule has 0 aliphatic carbocycles. The maximum atomic E-state index is 12.1. The smallest absolute Gasteiger partial charge is 0.387 e. The van der Waals surface area contributed by atoms with Crippen LogP contribution in [0.1, 0.15) is 24.9 Å². The molecule has 20 heavy (non-hydrogen) atoms. The molecule has 1 heterocycles. The molecule has 1 aliphatic heterocycles. The Kier molecular flexibility index (Phi) is 5.31. The quantitative estimate of drug-likeness (QED) is 0.869. The van der Waals surface area contributed by atoms with Crippen LogP contribution < -0.4 is 10.1 Å². The van der Waals surface area contributed by atoms with Crippen molar-refractivity contribution >= 4 is 0 Å². The Morgan fingerprint density at radius 2 is 2.05 bits per heavy atom. The number of benzene rings is 1. The van der Waals surface area contributed by atoms with Crippen molar-refractivity contribution in [3.63, 3.8) is 0 Å². The summed E-state index contributed by atoms with van der Waals surface area (Å²) in [4.78, 5) is 2.34. The number of ether oxygens (including phenoxy) is 1. The number of alkyl halides is 2. The van der Waals surface area contributed by atoms with E-state index in [1.807, 2.05) is 12.1 Å². The van der Waals surface area contributed by atoms with Crippen LogP contribution in [0.2, 0.25) is 0 Å². The molecule has 1 aromatic rings. The molecule has 3 nitrogen and oxygen atoms in total. The van der Waals surface area contributed by atoms with Crippen molar-refractivity contribution in [3.05, 3.63) is 29.8 Å². The molecule has 2 unspecified atom stereocenters. The van der Waals surface area contributed by atoms with Gasteiger partial charge in [0.15, 0.2) is 0 Å². The van der Waals surface area contributed by atoms with Gasteiger partial charge in [0.2, 0.25) is 0 Å². The summed E-state index contributed by atoms with van der Waals surface area (Å²) in [6.45, 7) is 2.61. The normalized spacial score (nSPS) is 21.4. The summed E-state index contributed by atoms with van der Waals surface area (Å²) in [6, 6.07) is 7.04. The Balaban J connectivity index is 1.81. The lowest BCUT2D eigenvalue weighted by atomic mass is 10.1. The molecule has 0 radical (unpaired) electrons. The lowest BCUT2D eigenvalue weighted by molar-refractivity contribution is -0.0498. The SMILES string of the molecule is CC(NCC1CCN(C)C1)c1ccc(OC(F)F)cc1. The van der Waals surface area contributed by atoms with E-state index in [9.17, 15) is 8.78 Å². The van der Waals surface area contributed by atoms with Crippen LogP contribution in [0, 0.1) is 5.92 Å². The number of nitrogens with one attached hydrogen (secondary N) is 1. The van der Waals surface area contributed by atoms with E-state index < -0.39 is 6.61 Å². The van der Waals surface area contributed by atoms with E-state index in [1.54, 1.807) is 12.1 Å². The average molecular weight is 284 g/mol. The van der Waals surface area contributed by atoms with Crippen molar-refractivity contribution < 1.29 is 13.5 Å². The zero-order chi connectivity index (χ0) is 14.5. The van der Waals surface area contributed by atoms with Crippen LogP contribution in [0.3, 0.4) is 0 Å². The number of nitrogens with zero attached hydrogens (tertiary/aromatic N) is 1. The number of rotatable bonds is 6. The van der Waals surface area contributed by atoms with Crippen LogP contribution in [0.5, 0.6) is 5.75 Å². The first-order chi connectivity index (χ1) is 9.54. The summed E-state index contributed by atoms with van der Waals surface area (Å²) < 4.78 is 28.5. The molecule has 1 saturated heterocycles. The third-order valence-corrected chi connectivity index (χ3v) is 3.81. The van der Waals surface area contributed by atoms with Gasteiger partial charge < -0.3 is 15.0 Å². The second-order valence-corrected chi connectivity index (χ2v) is 5.49. The molecule has 2 atom stereocenters. The number of hydrogen-bond acceptors (Lipinski definition) is 3. The maximum Gasteiger partial charge on any atom is 0.387 e. The molecule has 0 spiro atoms. The molecule has 1 aliphatic rings. The zero-order valence-electron chi connectivity index (χ0n) is 12.0. The fraction of sp³-hybridized carbons (Fsp3) is 0.600. The topological polar surface area (TPSA) is 24.5 Å². The van der Waals surface area contributed by atoms with Crippen molar-refractivity contribution in [3.8, 4) is 5.75 Å².